The van der Waals surface area contributed by atoms with E-state index in [2.05, 4.69) is 114 Å². The molecule has 0 fully saturated rings. The maximum absolute atomic E-state index is 12.0. The normalized spacial score (nSPS) is 12.9. The molecule has 61 heavy (non-hydrogen) atoms. The fourth-order valence-corrected chi connectivity index (χ4v) is 9.00. The predicted octanol–water partition coefficient (Wildman–Crippen LogP) is 20.0. The zero-order valence-corrected chi connectivity index (χ0v) is 41.5. The Hall–Kier alpha value is -2.51. The first kappa shape index (κ1) is 54.6. The van der Waals surface area contributed by atoms with Gasteiger partial charge >= 0.3 is 39.1 Å². The van der Waals surface area contributed by atoms with Crippen molar-refractivity contribution in [1.82, 2.24) is 0 Å². The molecule has 0 radical (unpaired) electrons. The molecule has 0 N–H and O–H groups in total. The molecule has 2 aromatic carbocycles. The molecule has 0 spiro atoms. The van der Waals surface area contributed by atoms with Crippen LogP contribution in [0.1, 0.15) is 243 Å². The molecule has 1 aliphatic rings. The van der Waals surface area contributed by atoms with Gasteiger partial charge in [0.15, 0.2) is 0 Å². The molecule has 1 heterocycles. The van der Waals surface area contributed by atoms with Gasteiger partial charge in [-0.1, -0.05) is 216 Å². The SMILES string of the molecule is CCCCCCCCCCCCCC=CCCc1ccccc1C1=CC(CCCC)=C(c2ccccc2CCC=CCCCCCCCCCCCCC)[N+]1=[N-].C[CH2][Ni][CH2]C. The Bertz CT molecular complexity index is 1490. The molecular formula is C58H94N2Ni. The van der Waals surface area contributed by atoms with Crippen LogP contribution in [0.2, 0.25) is 10.8 Å². The summed E-state index contributed by atoms with van der Waals surface area (Å²) in [5, 5.41) is 2.56. The summed E-state index contributed by atoms with van der Waals surface area (Å²) < 4.78 is 1.52. The molecule has 0 aliphatic carbocycles. The number of rotatable bonds is 37. The molecule has 346 valence electrons. The van der Waals surface area contributed by atoms with Crippen molar-refractivity contribution in [3.8, 4) is 0 Å². The van der Waals surface area contributed by atoms with Crippen molar-refractivity contribution in [1.29, 1.82) is 0 Å². The van der Waals surface area contributed by atoms with Crippen molar-refractivity contribution in [3.05, 3.63) is 112 Å². The van der Waals surface area contributed by atoms with E-state index in [1.807, 2.05) is 14.4 Å². The van der Waals surface area contributed by atoms with Crippen LogP contribution in [0.4, 0.5) is 0 Å². The van der Waals surface area contributed by atoms with Crippen LogP contribution in [0.15, 0.2) is 84.5 Å². The number of hydrogen-bond acceptors (Lipinski definition) is 0. The summed E-state index contributed by atoms with van der Waals surface area (Å²) in [5.74, 6) is 0. The van der Waals surface area contributed by atoms with Crippen LogP contribution >= 0.6 is 0 Å². The molecular weight excluding hydrogens is 783 g/mol. The summed E-state index contributed by atoms with van der Waals surface area (Å²) in [6, 6.07) is 17.5. The van der Waals surface area contributed by atoms with Gasteiger partial charge in [0.25, 0.3) is 0 Å². The van der Waals surface area contributed by atoms with Crippen molar-refractivity contribution in [3.63, 3.8) is 0 Å². The maximum atomic E-state index is 12.0. The average molecular weight is 878 g/mol. The molecule has 1 aliphatic heterocycles. The molecule has 3 rings (SSSR count). The van der Waals surface area contributed by atoms with Crippen molar-refractivity contribution in [2.75, 3.05) is 0 Å². The van der Waals surface area contributed by atoms with E-state index in [1.54, 1.807) is 0 Å². The standard InChI is InChI=1S/C54H84N2.2C2H5.Ni/c1-4-7-10-12-14-16-18-20-22-24-26-28-30-32-34-41-48-43-36-38-45-51(48)53-47-50(40-9-6-3)54(56(53)55)52-46-39-37-44-49(52)42-35-33-31-29-27-25-23-21-19-17-15-13-11-8-5-2;2*1-2;/h30-33,36-39,43-47H,4-29,34-35,40-42H2,1-3H3;2*1H2,2H3;. The molecule has 0 amide bonds. The third-order valence-electron chi connectivity index (χ3n) is 12.2. The Labute approximate surface area is 385 Å². The topological polar surface area (TPSA) is 25.3 Å². The second-order valence-electron chi connectivity index (χ2n) is 17.4. The third-order valence-corrected chi connectivity index (χ3v) is 13.2. The van der Waals surface area contributed by atoms with Gasteiger partial charge in [0, 0.05) is 22.8 Å². The van der Waals surface area contributed by atoms with Gasteiger partial charge in [0.2, 0.25) is 11.4 Å². The summed E-state index contributed by atoms with van der Waals surface area (Å²) in [5.41, 5.74) is 20.1. The molecule has 0 saturated carbocycles. The number of benzene rings is 2. The Kier molecular flexibility index (Phi) is 35.0. The number of aryl methyl sites for hydroxylation is 2. The van der Waals surface area contributed by atoms with Crippen molar-refractivity contribution < 1.29 is 19.1 Å². The first-order valence-corrected chi connectivity index (χ1v) is 27.4. The van der Waals surface area contributed by atoms with Gasteiger partial charge in [-0.25, -0.2) is 4.70 Å². The summed E-state index contributed by atoms with van der Waals surface area (Å²) in [6.07, 6.45) is 52.2. The summed E-state index contributed by atoms with van der Waals surface area (Å²) in [4.78, 5) is 0. The molecule has 3 heteroatoms. The Balaban J connectivity index is 0.00000241. The Morgan fingerprint density at radius 3 is 1.23 bits per heavy atom. The number of nitrogens with zero attached hydrogens (tertiary/aromatic N) is 2. The predicted molar refractivity (Wildman–Crippen MR) is 269 cm³/mol. The first-order valence-electron chi connectivity index (χ1n) is 26.0. The minimum absolute atomic E-state index is 0.924. The summed E-state index contributed by atoms with van der Waals surface area (Å²) in [7, 11) is 0. The quantitative estimate of drug-likeness (QED) is 0.0280. The zero-order valence-electron chi connectivity index (χ0n) is 40.6. The molecule has 0 aromatic heterocycles. The van der Waals surface area contributed by atoms with E-state index in [-0.39, 0.29) is 0 Å². The van der Waals surface area contributed by atoms with Gasteiger partial charge in [0.1, 0.15) is 0 Å². The zero-order chi connectivity index (χ0) is 43.9. The van der Waals surface area contributed by atoms with E-state index in [4.69, 9.17) is 0 Å². The van der Waals surface area contributed by atoms with Gasteiger partial charge < -0.3 is 5.53 Å². The van der Waals surface area contributed by atoms with E-state index in [9.17, 15) is 5.53 Å². The third kappa shape index (κ3) is 25.4. The summed E-state index contributed by atoms with van der Waals surface area (Å²) >= 11 is 1.82. The van der Waals surface area contributed by atoms with E-state index in [0.717, 1.165) is 61.9 Å². The van der Waals surface area contributed by atoms with Crippen LogP contribution in [0.3, 0.4) is 0 Å². The van der Waals surface area contributed by atoms with Crippen LogP contribution in [0.25, 0.3) is 16.9 Å². The van der Waals surface area contributed by atoms with E-state index in [1.165, 1.54) is 192 Å². The van der Waals surface area contributed by atoms with Crippen LogP contribution < -0.4 is 0 Å². The molecule has 0 bridgehead atoms. The monoisotopic (exact) mass is 877 g/mol. The molecule has 0 saturated heterocycles. The molecule has 2 aromatic rings. The Morgan fingerprint density at radius 1 is 0.426 bits per heavy atom. The second-order valence-corrected chi connectivity index (χ2v) is 19.3. The number of hydrogen-bond donors (Lipinski definition) is 0. The van der Waals surface area contributed by atoms with E-state index < -0.39 is 0 Å². The van der Waals surface area contributed by atoms with Crippen LogP contribution in [0, 0.1) is 0 Å². The van der Waals surface area contributed by atoms with Gasteiger partial charge in [-0.15, -0.1) is 0 Å². The minimum atomic E-state index is 0.924. The van der Waals surface area contributed by atoms with E-state index in [0.29, 0.717) is 0 Å². The van der Waals surface area contributed by atoms with Crippen molar-refractivity contribution in [2.24, 2.45) is 0 Å². The molecule has 0 unspecified atom stereocenters. The van der Waals surface area contributed by atoms with E-state index >= 15 is 0 Å². The van der Waals surface area contributed by atoms with Crippen molar-refractivity contribution in [2.45, 2.75) is 244 Å². The van der Waals surface area contributed by atoms with Crippen LogP contribution in [-0.4, -0.2) is 4.70 Å². The van der Waals surface area contributed by atoms with Gasteiger partial charge in [-0.05, 0) is 87.5 Å². The fourth-order valence-electron chi connectivity index (χ4n) is 8.51. The number of allylic oxidation sites excluding steroid dienone is 6. The van der Waals surface area contributed by atoms with Gasteiger partial charge in [0.05, 0.1) is 0 Å². The average Bonchev–Trinajstić information content (AvgIpc) is 3.61. The molecule has 0 atom stereocenters. The first-order chi connectivity index (χ1) is 30.1. The Morgan fingerprint density at radius 2 is 0.803 bits per heavy atom. The van der Waals surface area contributed by atoms with Gasteiger partial charge in [-0.3, -0.25) is 0 Å². The summed E-state index contributed by atoms with van der Waals surface area (Å²) in [6.45, 7) is 11.2. The van der Waals surface area contributed by atoms with Crippen LogP contribution in [-0.2, 0) is 27.3 Å². The van der Waals surface area contributed by atoms with Crippen molar-refractivity contribution >= 4 is 11.4 Å². The van der Waals surface area contributed by atoms with Gasteiger partial charge in [-0.2, -0.15) is 0 Å². The van der Waals surface area contributed by atoms with Crippen LogP contribution in [0.5, 0.6) is 0 Å². The second kappa shape index (κ2) is 39.1. The fraction of sp³-hybridized carbons (Fsp3) is 0.655. The number of unbranched alkanes of at least 4 members (excludes halogenated alkanes) is 23. The molecule has 2 nitrogen and oxygen atoms in total.